The fourth-order valence-electron chi connectivity index (χ4n) is 10.6. The summed E-state index contributed by atoms with van der Waals surface area (Å²) in [6.07, 6.45) is 50.4. The van der Waals surface area contributed by atoms with Gasteiger partial charge in [0.15, 0.2) is 12.2 Å². The summed E-state index contributed by atoms with van der Waals surface area (Å²) in [7, 11) is -9.89. The van der Waals surface area contributed by atoms with E-state index in [1.165, 1.54) is 180 Å². The lowest BCUT2D eigenvalue weighted by atomic mass is 10.0. The molecule has 17 nitrogen and oxygen atoms in total. The molecule has 0 aliphatic rings. The van der Waals surface area contributed by atoms with Crippen LogP contribution in [0.4, 0.5) is 0 Å². The zero-order chi connectivity index (χ0) is 65.6. The average Bonchev–Trinajstić information content (AvgIpc) is 3.57. The number of hydrogen-bond donors (Lipinski definition) is 3. The Balaban J connectivity index is 5.13. The predicted octanol–water partition coefficient (Wildman–Crippen LogP) is 20.1. The van der Waals surface area contributed by atoms with Gasteiger partial charge in [-0.25, -0.2) is 9.13 Å². The molecule has 0 radical (unpaired) electrons. The lowest BCUT2D eigenvalue weighted by molar-refractivity contribution is -0.161. The smallest absolute Gasteiger partial charge is 0.462 e. The Morgan fingerprint density at radius 1 is 0.303 bits per heavy atom. The van der Waals surface area contributed by atoms with E-state index in [2.05, 4.69) is 34.6 Å². The van der Waals surface area contributed by atoms with Gasteiger partial charge in [-0.3, -0.25) is 37.3 Å². The Kier molecular flexibility index (Phi) is 62.1. The topological polar surface area (TPSA) is 237 Å². The minimum Gasteiger partial charge on any atom is -0.462 e. The number of unbranched alkanes of at least 4 members (excludes halogenated alkanes) is 42. The van der Waals surface area contributed by atoms with Crippen LogP contribution in [0.1, 0.15) is 362 Å². The maximum atomic E-state index is 13.0. The van der Waals surface area contributed by atoms with E-state index >= 15 is 0 Å². The minimum atomic E-state index is -4.95. The molecule has 0 saturated carbocycles. The van der Waals surface area contributed by atoms with E-state index in [0.29, 0.717) is 25.7 Å². The van der Waals surface area contributed by atoms with Crippen molar-refractivity contribution in [2.24, 2.45) is 5.92 Å². The summed E-state index contributed by atoms with van der Waals surface area (Å²) in [5.41, 5.74) is 0. The van der Waals surface area contributed by atoms with Crippen molar-refractivity contribution in [3.8, 4) is 0 Å². The highest BCUT2D eigenvalue weighted by Gasteiger charge is 2.30. The Morgan fingerprint density at radius 2 is 0.517 bits per heavy atom. The number of aliphatic hydroxyl groups is 1. The molecule has 0 heterocycles. The first-order valence-corrected chi connectivity index (χ1v) is 39.6. The quantitative estimate of drug-likeness (QED) is 0.0222. The van der Waals surface area contributed by atoms with E-state index in [4.69, 9.17) is 37.0 Å². The first-order chi connectivity index (χ1) is 43.0. The maximum Gasteiger partial charge on any atom is 0.472 e. The van der Waals surface area contributed by atoms with Crippen LogP contribution in [0.2, 0.25) is 0 Å². The van der Waals surface area contributed by atoms with E-state index in [1.807, 2.05) is 0 Å². The lowest BCUT2D eigenvalue weighted by Gasteiger charge is -2.21. The molecule has 0 saturated heterocycles. The first-order valence-electron chi connectivity index (χ1n) is 36.6. The minimum absolute atomic E-state index is 0.105. The van der Waals surface area contributed by atoms with Crippen molar-refractivity contribution < 1.29 is 80.2 Å². The highest BCUT2D eigenvalue weighted by molar-refractivity contribution is 7.47. The van der Waals surface area contributed by atoms with Crippen LogP contribution in [0.3, 0.4) is 0 Å². The number of carbonyl (C=O) groups is 4. The Bertz CT molecular complexity index is 1720. The molecule has 0 aliphatic heterocycles. The van der Waals surface area contributed by atoms with Gasteiger partial charge in [-0.1, -0.05) is 311 Å². The molecule has 19 heteroatoms. The molecule has 2 unspecified atom stereocenters. The molecular weight excluding hydrogens is 1170 g/mol. The first kappa shape index (κ1) is 87.1. The number of esters is 4. The van der Waals surface area contributed by atoms with Gasteiger partial charge in [-0.2, -0.15) is 0 Å². The number of carbonyl (C=O) groups excluding carboxylic acids is 4. The van der Waals surface area contributed by atoms with Crippen molar-refractivity contribution in [2.75, 3.05) is 39.6 Å². The van der Waals surface area contributed by atoms with Gasteiger partial charge in [0.1, 0.15) is 19.3 Å². The molecule has 0 rings (SSSR count). The van der Waals surface area contributed by atoms with Crippen molar-refractivity contribution in [1.29, 1.82) is 0 Å². The summed E-state index contributed by atoms with van der Waals surface area (Å²) in [5.74, 6) is -1.34. The van der Waals surface area contributed by atoms with Crippen LogP contribution >= 0.6 is 15.6 Å². The standard InChI is InChI=1S/C70H136O17P2/c1-6-9-12-15-17-19-20-21-22-23-24-25-30-33-37-41-46-51-56-70(75)87-66(60-81-68(73)54-49-44-39-36-32-29-27-26-28-31-35-38-43-47-52-63(4)5)62-85-89(78,79)83-58-64(71)57-82-88(76,77)84-61-65(59-80-67(72)53-48-42-14-11-8-3)86-69(74)55-50-45-40-34-18-16-13-10-7-2/h63-66,71H,6-62H2,1-5H3,(H,76,77)(H,78,79)/t64-,65+,66+/m0/s1. The summed E-state index contributed by atoms with van der Waals surface area (Å²) in [4.78, 5) is 72.2. The van der Waals surface area contributed by atoms with Crippen molar-refractivity contribution in [2.45, 2.75) is 380 Å². The van der Waals surface area contributed by atoms with Crippen LogP contribution in [0.5, 0.6) is 0 Å². The van der Waals surface area contributed by atoms with Gasteiger partial charge in [0.2, 0.25) is 0 Å². The maximum absolute atomic E-state index is 13.0. The molecule has 528 valence electrons. The summed E-state index contributed by atoms with van der Waals surface area (Å²) in [6.45, 7) is 7.17. The summed E-state index contributed by atoms with van der Waals surface area (Å²) in [6, 6.07) is 0. The number of phosphoric ester groups is 2. The van der Waals surface area contributed by atoms with Crippen LogP contribution in [0.25, 0.3) is 0 Å². The van der Waals surface area contributed by atoms with Crippen LogP contribution < -0.4 is 0 Å². The largest absolute Gasteiger partial charge is 0.472 e. The fourth-order valence-corrected chi connectivity index (χ4v) is 12.2. The fraction of sp³-hybridized carbons (Fsp3) is 0.943. The molecule has 0 bridgehead atoms. The lowest BCUT2D eigenvalue weighted by Crippen LogP contribution is -2.30. The molecule has 0 aromatic rings. The molecule has 0 spiro atoms. The van der Waals surface area contributed by atoms with Crippen LogP contribution in [-0.2, 0) is 65.4 Å². The molecule has 0 aromatic carbocycles. The molecule has 89 heavy (non-hydrogen) atoms. The van der Waals surface area contributed by atoms with Gasteiger partial charge in [0.25, 0.3) is 0 Å². The van der Waals surface area contributed by atoms with Gasteiger partial charge in [-0.05, 0) is 31.6 Å². The second-order valence-corrected chi connectivity index (χ2v) is 28.7. The summed E-state index contributed by atoms with van der Waals surface area (Å²) in [5, 5.41) is 10.5. The van der Waals surface area contributed by atoms with Gasteiger partial charge < -0.3 is 33.8 Å². The number of phosphoric acid groups is 2. The van der Waals surface area contributed by atoms with Crippen LogP contribution in [0, 0.1) is 5.92 Å². The summed E-state index contributed by atoms with van der Waals surface area (Å²) >= 11 is 0. The van der Waals surface area contributed by atoms with Crippen molar-refractivity contribution in [3.63, 3.8) is 0 Å². The van der Waals surface area contributed by atoms with Gasteiger partial charge in [0.05, 0.1) is 26.4 Å². The van der Waals surface area contributed by atoms with E-state index in [-0.39, 0.29) is 25.7 Å². The monoisotopic (exact) mass is 1310 g/mol. The zero-order valence-electron chi connectivity index (χ0n) is 57.6. The Morgan fingerprint density at radius 3 is 0.764 bits per heavy atom. The molecule has 0 amide bonds. The van der Waals surface area contributed by atoms with Crippen molar-refractivity contribution >= 4 is 39.5 Å². The van der Waals surface area contributed by atoms with E-state index in [1.54, 1.807) is 0 Å². The highest BCUT2D eigenvalue weighted by Crippen LogP contribution is 2.45. The predicted molar refractivity (Wildman–Crippen MR) is 358 cm³/mol. The van der Waals surface area contributed by atoms with Crippen LogP contribution in [-0.4, -0.2) is 96.7 Å². The Hall–Kier alpha value is -1.94. The number of rotatable bonds is 70. The highest BCUT2D eigenvalue weighted by atomic mass is 31.2. The van der Waals surface area contributed by atoms with Gasteiger partial charge in [-0.15, -0.1) is 0 Å². The second-order valence-electron chi connectivity index (χ2n) is 25.7. The molecule has 3 N–H and O–H groups in total. The second kappa shape index (κ2) is 63.5. The van der Waals surface area contributed by atoms with E-state index in [0.717, 1.165) is 102 Å². The van der Waals surface area contributed by atoms with Crippen molar-refractivity contribution in [3.05, 3.63) is 0 Å². The third-order valence-electron chi connectivity index (χ3n) is 16.3. The third kappa shape index (κ3) is 64.6. The molecular formula is C70H136O17P2. The number of ether oxygens (including phenoxy) is 4. The third-order valence-corrected chi connectivity index (χ3v) is 18.2. The van der Waals surface area contributed by atoms with Crippen molar-refractivity contribution in [1.82, 2.24) is 0 Å². The number of aliphatic hydroxyl groups excluding tert-OH is 1. The number of hydrogen-bond acceptors (Lipinski definition) is 15. The van der Waals surface area contributed by atoms with Gasteiger partial charge >= 0.3 is 39.5 Å². The molecule has 0 aromatic heterocycles. The van der Waals surface area contributed by atoms with Crippen LogP contribution in [0.15, 0.2) is 0 Å². The van der Waals surface area contributed by atoms with E-state index < -0.39 is 97.5 Å². The SMILES string of the molecule is CCCCCCCCCCCCCCCCCCCCC(=O)O[C@H](COC(=O)CCCCCCCCCCCCCCCCC(C)C)COP(=O)(O)OC[C@@H](O)COP(=O)(O)OC[C@@H](COC(=O)CCCCCCC)OC(=O)CCCCCCCCCCC. The normalized spacial score (nSPS) is 14.1. The Labute approximate surface area is 543 Å². The molecule has 0 fully saturated rings. The van der Waals surface area contributed by atoms with Gasteiger partial charge in [0, 0.05) is 25.7 Å². The molecule has 5 atom stereocenters. The van der Waals surface area contributed by atoms with E-state index in [9.17, 15) is 43.2 Å². The average molecular weight is 1310 g/mol. The molecule has 0 aliphatic carbocycles. The zero-order valence-corrected chi connectivity index (χ0v) is 59.4. The summed E-state index contributed by atoms with van der Waals surface area (Å²) < 4.78 is 68.0.